The van der Waals surface area contributed by atoms with E-state index in [9.17, 15) is 4.79 Å². The minimum Gasteiger partial charge on any atom is -0.481 e. The molecule has 0 unspecified atom stereocenters. The summed E-state index contributed by atoms with van der Waals surface area (Å²) in [4.78, 5) is 10.3. The van der Waals surface area contributed by atoms with E-state index in [0.29, 0.717) is 119 Å². The molecule has 0 radical (unpaired) electrons. The number of carbonyl (C=O) groups is 1. The molecule has 0 amide bonds. The van der Waals surface area contributed by atoms with Crippen molar-refractivity contribution < 1.29 is 57.3 Å². The minimum absolute atomic E-state index is 0.00244. The molecule has 0 fully saturated rings. The highest BCUT2D eigenvalue weighted by atomic mass is 16.6. The lowest BCUT2D eigenvalue weighted by molar-refractivity contribution is -0.138. The molecule has 0 aliphatic carbocycles. The number of carboxylic acid groups (broad SMARTS) is 1. The Morgan fingerprint density at radius 2 is 0.641 bits per heavy atom. The van der Waals surface area contributed by atoms with Crippen LogP contribution in [-0.4, -0.2) is 143 Å². The predicted molar refractivity (Wildman–Crippen MR) is 145 cm³/mol. The molecule has 0 bridgehead atoms. The zero-order valence-electron chi connectivity index (χ0n) is 24.1. The molecule has 0 atom stereocenters. The molecule has 0 aromatic heterocycles. The predicted octanol–water partition coefficient (Wildman–Crippen LogP) is 2.21. The number of hydrogen-bond donors (Lipinski definition) is 1. The van der Waals surface area contributed by atoms with Crippen LogP contribution in [0.1, 0.15) is 39.0 Å². The van der Waals surface area contributed by atoms with Crippen molar-refractivity contribution in [3.8, 4) is 0 Å². The van der Waals surface area contributed by atoms with Gasteiger partial charge >= 0.3 is 5.97 Å². The van der Waals surface area contributed by atoms with Gasteiger partial charge in [0.05, 0.1) is 132 Å². The molecule has 0 aliphatic heterocycles. The second-order valence-corrected chi connectivity index (χ2v) is 8.33. The zero-order chi connectivity index (χ0) is 28.3. The highest BCUT2D eigenvalue weighted by molar-refractivity contribution is 5.66. The average Bonchev–Trinajstić information content (AvgIpc) is 2.93. The van der Waals surface area contributed by atoms with Gasteiger partial charge in [0, 0.05) is 6.61 Å². The van der Waals surface area contributed by atoms with E-state index in [2.05, 4.69) is 6.92 Å². The molecule has 0 rings (SSSR count). The van der Waals surface area contributed by atoms with Gasteiger partial charge in [-0.15, -0.1) is 0 Å². The van der Waals surface area contributed by atoms with Crippen LogP contribution in [0.25, 0.3) is 0 Å². The van der Waals surface area contributed by atoms with E-state index in [0.717, 1.165) is 13.0 Å². The van der Waals surface area contributed by atoms with Crippen molar-refractivity contribution in [1.29, 1.82) is 0 Å². The van der Waals surface area contributed by atoms with Crippen LogP contribution in [0.15, 0.2) is 0 Å². The molecule has 12 heteroatoms. The molecular weight excluding hydrogens is 516 g/mol. The fourth-order valence-corrected chi connectivity index (χ4v) is 2.87. The Labute approximate surface area is 234 Å². The summed E-state index contributed by atoms with van der Waals surface area (Å²) in [6.07, 6.45) is 4.89. The molecule has 0 saturated heterocycles. The first-order chi connectivity index (χ1) is 19.3. The SMILES string of the molecule is CCCCCCOCCOCCOCCOCCOCCOCCOCCOCCOCCOCCC(=O)O. The molecular formula is C27H54O12. The smallest absolute Gasteiger partial charge is 0.305 e. The van der Waals surface area contributed by atoms with Crippen molar-refractivity contribution >= 4 is 5.97 Å². The Balaban J connectivity index is 3.02. The van der Waals surface area contributed by atoms with Crippen LogP contribution in [0.4, 0.5) is 0 Å². The van der Waals surface area contributed by atoms with Gasteiger partial charge in [0.2, 0.25) is 0 Å². The summed E-state index contributed by atoms with van der Waals surface area (Å²) in [5.41, 5.74) is 0. The van der Waals surface area contributed by atoms with Crippen LogP contribution in [0.3, 0.4) is 0 Å². The molecule has 0 spiro atoms. The van der Waals surface area contributed by atoms with E-state index in [-0.39, 0.29) is 13.0 Å². The van der Waals surface area contributed by atoms with Crippen LogP contribution in [0, 0.1) is 0 Å². The number of unbranched alkanes of at least 4 members (excludes halogenated alkanes) is 3. The van der Waals surface area contributed by atoms with Crippen molar-refractivity contribution in [3.05, 3.63) is 0 Å². The maximum atomic E-state index is 10.3. The summed E-state index contributed by atoms with van der Waals surface area (Å²) in [7, 11) is 0. The number of carboxylic acids is 1. The van der Waals surface area contributed by atoms with Crippen molar-refractivity contribution in [2.24, 2.45) is 0 Å². The third-order valence-electron chi connectivity index (χ3n) is 4.95. The van der Waals surface area contributed by atoms with Gasteiger partial charge in [-0.2, -0.15) is 0 Å². The van der Waals surface area contributed by atoms with Crippen LogP contribution in [0.5, 0.6) is 0 Å². The molecule has 234 valence electrons. The van der Waals surface area contributed by atoms with E-state index in [4.69, 9.17) is 52.5 Å². The first-order valence-electron chi connectivity index (χ1n) is 14.3. The third-order valence-corrected chi connectivity index (χ3v) is 4.95. The van der Waals surface area contributed by atoms with Crippen molar-refractivity contribution in [2.45, 2.75) is 39.0 Å². The van der Waals surface area contributed by atoms with Gasteiger partial charge < -0.3 is 52.5 Å². The number of rotatable bonds is 35. The van der Waals surface area contributed by atoms with Crippen LogP contribution in [-0.2, 0) is 52.2 Å². The van der Waals surface area contributed by atoms with E-state index in [1.807, 2.05) is 0 Å². The van der Waals surface area contributed by atoms with E-state index in [1.54, 1.807) is 0 Å². The number of aliphatic carboxylic acids is 1. The summed E-state index contributed by atoms with van der Waals surface area (Å²) in [6, 6.07) is 0. The monoisotopic (exact) mass is 570 g/mol. The van der Waals surface area contributed by atoms with Crippen molar-refractivity contribution in [3.63, 3.8) is 0 Å². The summed E-state index contributed by atoms with van der Waals surface area (Å²) < 4.78 is 54.0. The topological polar surface area (TPSA) is 130 Å². The van der Waals surface area contributed by atoms with Crippen LogP contribution >= 0.6 is 0 Å². The van der Waals surface area contributed by atoms with Crippen LogP contribution in [0.2, 0.25) is 0 Å². The Kier molecular flexibility index (Phi) is 34.3. The third kappa shape index (κ3) is 37.1. The number of hydrogen-bond acceptors (Lipinski definition) is 11. The minimum atomic E-state index is -0.870. The summed E-state index contributed by atoms with van der Waals surface area (Å²) in [5, 5.41) is 8.47. The van der Waals surface area contributed by atoms with Crippen molar-refractivity contribution in [2.75, 3.05) is 132 Å². The van der Waals surface area contributed by atoms with Gasteiger partial charge in [-0.3, -0.25) is 4.79 Å². The van der Waals surface area contributed by atoms with Crippen LogP contribution < -0.4 is 0 Å². The number of ether oxygens (including phenoxy) is 10. The molecule has 0 aromatic rings. The van der Waals surface area contributed by atoms with Gasteiger partial charge in [-0.05, 0) is 6.42 Å². The maximum absolute atomic E-state index is 10.3. The Bertz CT molecular complexity index is 470. The largest absolute Gasteiger partial charge is 0.481 e. The second-order valence-electron chi connectivity index (χ2n) is 8.33. The first kappa shape index (κ1) is 38.1. The fourth-order valence-electron chi connectivity index (χ4n) is 2.87. The summed E-state index contributed by atoms with van der Waals surface area (Å²) >= 11 is 0. The molecule has 0 aliphatic rings. The van der Waals surface area contributed by atoms with E-state index < -0.39 is 5.97 Å². The highest BCUT2D eigenvalue weighted by Crippen LogP contribution is 1.98. The zero-order valence-corrected chi connectivity index (χ0v) is 24.1. The summed E-state index contributed by atoms with van der Waals surface area (Å²) in [6.45, 7) is 12.3. The second kappa shape index (κ2) is 35.1. The molecule has 39 heavy (non-hydrogen) atoms. The van der Waals surface area contributed by atoms with Gasteiger partial charge in [-0.25, -0.2) is 0 Å². The quantitative estimate of drug-likeness (QED) is 0.112. The lowest BCUT2D eigenvalue weighted by atomic mass is 10.2. The highest BCUT2D eigenvalue weighted by Gasteiger charge is 1.97. The summed E-state index contributed by atoms with van der Waals surface area (Å²) in [5.74, 6) is -0.870. The first-order valence-corrected chi connectivity index (χ1v) is 14.3. The average molecular weight is 571 g/mol. The van der Waals surface area contributed by atoms with Gasteiger partial charge in [0.1, 0.15) is 0 Å². The Morgan fingerprint density at radius 1 is 0.385 bits per heavy atom. The molecule has 0 saturated carbocycles. The van der Waals surface area contributed by atoms with Crippen molar-refractivity contribution in [1.82, 2.24) is 0 Å². The van der Waals surface area contributed by atoms with E-state index in [1.165, 1.54) is 19.3 Å². The maximum Gasteiger partial charge on any atom is 0.305 e. The Morgan fingerprint density at radius 3 is 0.897 bits per heavy atom. The molecule has 0 heterocycles. The lowest BCUT2D eigenvalue weighted by Gasteiger charge is -2.09. The lowest BCUT2D eigenvalue weighted by Crippen LogP contribution is -2.15. The van der Waals surface area contributed by atoms with Gasteiger partial charge in [0.25, 0.3) is 0 Å². The Hall–Kier alpha value is -0.930. The van der Waals surface area contributed by atoms with E-state index >= 15 is 0 Å². The van der Waals surface area contributed by atoms with Gasteiger partial charge in [0.15, 0.2) is 0 Å². The van der Waals surface area contributed by atoms with Gasteiger partial charge in [-0.1, -0.05) is 26.2 Å². The molecule has 1 N–H and O–H groups in total. The fraction of sp³-hybridized carbons (Fsp3) is 0.963. The molecule has 0 aromatic carbocycles. The molecule has 12 nitrogen and oxygen atoms in total. The normalized spacial score (nSPS) is 11.4. The standard InChI is InChI=1S/C27H54O12/c1-2-3-4-5-7-30-9-11-32-13-15-34-17-19-36-21-23-38-25-26-39-24-22-37-20-18-35-16-14-33-12-10-31-8-6-27(28)29/h2-26H2,1H3,(H,28,29).